The zero-order valence-electron chi connectivity index (χ0n) is 20.1. The molecule has 7 heteroatoms. The summed E-state index contributed by atoms with van der Waals surface area (Å²) in [4.78, 5) is 29.1. The van der Waals surface area contributed by atoms with Crippen molar-refractivity contribution in [1.29, 1.82) is 0 Å². The lowest BCUT2D eigenvalue weighted by Crippen LogP contribution is -2.47. The van der Waals surface area contributed by atoms with Crippen LogP contribution in [0.15, 0.2) is 42.5 Å². The van der Waals surface area contributed by atoms with Gasteiger partial charge in [-0.2, -0.15) is 0 Å². The van der Waals surface area contributed by atoms with Crippen molar-refractivity contribution in [3.63, 3.8) is 0 Å². The average molecular weight is 480 g/mol. The van der Waals surface area contributed by atoms with E-state index in [2.05, 4.69) is 9.80 Å². The van der Waals surface area contributed by atoms with Crippen molar-refractivity contribution < 1.29 is 19.1 Å². The first-order chi connectivity index (χ1) is 16.8. The Kier molecular flexibility index (Phi) is 6.64. The van der Waals surface area contributed by atoms with Crippen molar-refractivity contribution in [3.05, 3.63) is 59.4 Å². The number of aliphatic hydroxyl groups is 1. The van der Waals surface area contributed by atoms with Crippen LogP contribution in [0.2, 0.25) is 0 Å². The van der Waals surface area contributed by atoms with E-state index in [9.17, 15) is 19.1 Å². The molecule has 1 saturated carbocycles. The molecule has 1 spiro atoms. The molecule has 5 rings (SSSR count). The van der Waals surface area contributed by atoms with E-state index in [-0.39, 0.29) is 23.4 Å². The number of hydrogen-bond donors (Lipinski definition) is 2. The Hall–Kier alpha value is -2.77. The van der Waals surface area contributed by atoms with E-state index in [1.807, 2.05) is 18.2 Å². The molecule has 1 aliphatic carbocycles. The fourth-order valence-electron chi connectivity index (χ4n) is 6.11. The number of carbonyl (C=O) groups excluding carboxylic acids is 2. The second kappa shape index (κ2) is 9.70. The van der Waals surface area contributed by atoms with Crippen LogP contribution >= 0.6 is 0 Å². The van der Waals surface area contributed by atoms with E-state index >= 15 is 0 Å². The van der Waals surface area contributed by atoms with Crippen LogP contribution in [0, 0.1) is 11.2 Å². The Bertz CT molecular complexity index is 1090. The van der Waals surface area contributed by atoms with Crippen LogP contribution in [0.25, 0.3) is 11.1 Å². The summed E-state index contributed by atoms with van der Waals surface area (Å²) >= 11 is 0. The Morgan fingerprint density at radius 2 is 1.60 bits per heavy atom. The van der Waals surface area contributed by atoms with Crippen LogP contribution in [0.3, 0.4) is 0 Å². The maximum absolute atomic E-state index is 14.7. The highest BCUT2D eigenvalue weighted by Crippen LogP contribution is 2.44. The number of primary amides is 1. The highest BCUT2D eigenvalue weighted by atomic mass is 19.1. The summed E-state index contributed by atoms with van der Waals surface area (Å²) in [5, 5.41) is 9.81. The van der Waals surface area contributed by atoms with Crippen LogP contribution in [0.5, 0.6) is 0 Å². The summed E-state index contributed by atoms with van der Waals surface area (Å²) in [5.74, 6) is -0.405. The van der Waals surface area contributed by atoms with Gasteiger partial charge in [0.1, 0.15) is 5.82 Å². The van der Waals surface area contributed by atoms with Crippen LogP contribution in [0.4, 0.5) is 4.39 Å². The molecule has 3 aliphatic rings. The van der Waals surface area contributed by atoms with Gasteiger partial charge < -0.3 is 15.7 Å². The van der Waals surface area contributed by atoms with Gasteiger partial charge in [0.05, 0.1) is 11.5 Å². The molecule has 2 aliphatic heterocycles. The number of benzene rings is 2. The number of aliphatic hydroxyl groups excluding tert-OH is 1. The number of likely N-dealkylation sites (tertiary alicyclic amines) is 2. The maximum Gasteiger partial charge on any atom is 0.248 e. The zero-order chi connectivity index (χ0) is 24.6. The van der Waals surface area contributed by atoms with E-state index in [0.717, 1.165) is 75.7 Å². The Morgan fingerprint density at radius 3 is 2.26 bits per heavy atom. The third-order valence-corrected chi connectivity index (χ3v) is 8.41. The second-order valence-electron chi connectivity index (χ2n) is 10.5. The fourth-order valence-corrected chi connectivity index (χ4v) is 6.11. The smallest absolute Gasteiger partial charge is 0.248 e. The molecular formula is C28H34FN3O3. The van der Waals surface area contributed by atoms with E-state index in [1.165, 1.54) is 6.07 Å². The van der Waals surface area contributed by atoms with Gasteiger partial charge in [0.15, 0.2) is 0 Å². The minimum Gasteiger partial charge on any atom is -0.393 e. The summed E-state index contributed by atoms with van der Waals surface area (Å²) in [7, 11) is 0. The molecule has 6 nitrogen and oxygen atoms in total. The monoisotopic (exact) mass is 479 g/mol. The maximum atomic E-state index is 14.7. The zero-order valence-corrected chi connectivity index (χ0v) is 20.1. The molecule has 3 fully saturated rings. The molecule has 0 atom stereocenters. The molecule has 186 valence electrons. The van der Waals surface area contributed by atoms with Crippen molar-refractivity contribution in [2.45, 2.75) is 63.6 Å². The van der Waals surface area contributed by atoms with Crippen molar-refractivity contribution in [2.75, 3.05) is 19.6 Å². The predicted octanol–water partition coefficient (Wildman–Crippen LogP) is 3.71. The first-order valence-corrected chi connectivity index (χ1v) is 12.7. The van der Waals surface area contributed by atoms with Crippen molar-refractivity contribution >= 4 is 11.8 Å². The van der Waals surface area contributed by atoms with Crippen LogP contribution in [-0.2, 0) is 11.3 Å². The van der Waals surface area contributed by atoms with Gasteiger partial charge in [0.2, 0.25) is 11.8 Å². The van der Waals surface area contributed by atoms with Gasteiger partial charge in [-0.3, -0.25) is 14.5 Å². The number of hydrogen-bond acceptors (Lipinski definition) is 4. The lowest BCUT2D eigenvalue weighted by atomic mass is 9.77. The number of rotatable bonds is 5. The number of nitrogens with two attached hydrogens (primary N) is 1. The average Bonchev–Trinajstić information content (AvgIpc) is 3.18. The van der Waals surface area contributed by atoms with Gasteiger partial charge in [-0.05, 0) is 93.4 Å². The molecule has 2 aromatic rings. The predicted molar refractivity (Wildman–Crippen MR) is 132 cm³/mol. The summed E-state index contributed by atoms with van der Waals surface area (Å²) in [6.45, 7) is 2.89. The van der Waals surface area contributed by atoms with Crippen LogP contribution in [0.1, 0.15) is 60.9 Å². The van der Waals surface area contributed by atoms with Crippen molar-refractivity contribution in [1.82, 2.24) is 9.80 Å². The highest BCUT2D eigenvalue weighted by molar-refractivity contribution is 5.93. The number of nitrogens with zero attached hydrogens (tertiary/aromatic N) is 2. The summed E-state index contributed by atoms with van der Waals surface area (Å²) in [5.41, 5.74) is 7.93. The van der Waals surface area contributed by atoms with Crippen LogP contribution < -0.4 is 5.73 Å². The number of halogens is 1. The van der Waals surface area contributed by atoms with Gasteiger partial charge in [-0.1, -0.05) is 18.2 Å². The largest absolute Gasteiger partial charge is 0.393 e. The van der Waals surface area contributed by atoms with Crippen LogP contribution in [-0.4, -0.2) is 58.5 Å². The van der Waals surface area contributed by atoms with E-state index < -0.39 is 5.91 Å². The Morgan fingerprint density at radius 1 is 0.971 bits per heavy atom. The molecule has 2 aromatic carbocycles. The van der Waals surface area contributed by atoms with Gasteiger partial charge in [0, 0.05) is 30.3 Å². The normalized spacial score (nSPS) is 24.7. The van der Waals surface area contributed by atoms with Crippen molar-refractivity contribution in [2.24, 2.45) is 11.1 Å². The first-order valence-electron chi connectivity index (χ1n) is 12.7. The highest BCUT2D eigenvalue weighted by Gasteiger charge is 2.49. The number of amides is 2. The quantitative estimate of drug-likeness (QED) is 0.685. The first kappa shape index (κ1) is 23.9. The molecule has 3 N–H and O–H groups in total. The molecule has 2 amide bonds. The molecule has 2 saturated heterocycles. The minimum absolute atomic E-state index is 0.213. The number of carbonyl (C=O) groups is 2. The lowest BCUT2D eigenvalue weighted by molar-refractivity contribution is -0.141. The molecular weight excluding hydrogens is 445 g/mol. The third-order valence-electron chi connectivity index (χ3n) is 8.41. The van der Waals surface area contributed by atoms with Gasteiger partial charge in [-0.25, -0.2) is 4.39 Å². The second-order valence-corrected chi connectivity index (χ2v) is 10.5. The summed E-state index contributed by atoms with van der Waals surface area (Å²) in [6.07, 6.45) is 5.69. The molecule has 0 radical (unpaired) electrons. The Labute approximate surface area is 205 Å². The summed E-state index contributed by atoms with van der Waals surface area (Å²) in [6, 6.07) is 12.4. The number of piperidine rings is 1. The van der Waals surface area contributed by atoms with E-state index in [1.54, 1.807) is 18.2 Å². The van der Waals surface area contributed by atoms with Gasteiger partial charge >= 0.3 is 0 Å². The van der Waals surface area contributed by atoms with Gasteiger partial charge in [0.25, 0.3) is 0 Å². The molecule has 0 aromatic heterocycles. The molecule has 35 heavy (non-hydrogen) atoms. The topological polar surface area (TPSA) is 86.9 Å². The third kappa shape index (κ3) is 4.84. The van der Waals surface area contributed by atoms with E-state index in [4.69, 9.17) is 5.73 Å². The standard InChI is InChI=1S/C28H34FN3O3/c29-25-10-5-21(19-1-3-20(4-2-19)26(30)34)17-22(25)18-31-14-11-28(12-15-31)13-16-32(27(28)35)23-6-8-24(33)9-7-23/h1-5,10,17,23-24,33H,6-9,11-16,18H2,(H2,30,34). The fraction of sp³-hybridized carbons (Fsp3) is 0.500. The molecule has 2 heterocycles. The Balaban J connectivity index is 1.22. The molecule has 0 bridgehead atoms. The van der Waals surface area contributed by atoms with E-state index in [0.29, 0.717) is 23.6 Å². The van der Waals surface area contributed by atoms with Gasteiger partial charge in [-0.15, -0.1) is 0 Å². The lowest BCUT2D eigenvalue weighted by Gasteiger charge is -2.39. The van der Waals surface area contributed by atoms with Crippen molar-refractivity contribution in [3.8, 4) is 11.1 Å². The summed E-state index contributed by atoms with van der Waals surface area (Å²) < 4.78 is 14.7. The SMILES string of the molecule is NC(=O)c1ccc(-c2ccc(F)c(CN3CCC4(CC3)CCN(C3CCC(O)CC3)C4=O)c2)cc1. The molecule has 0 unspecified atom stereocenters. The minimum atomic E-state index is -0.472.